The molecule has 2 aromatic heterocycles. The number of nitrogens with zero attached hydrogens (tertiary/aromatic N) is 1. The lowest BCUT2D eigenvalue weighted by atomic mass is 9.93. The van der Waals surface area contributed by atoms with Gasteiger partial charge in [0, 0.05) is 5.39 Å². The van der Waals surface area contributed by atoms with E-state index in [0.29, 0.717) is 28.7 Å². The Morgan fingerprint density at radius 3 is 2.18 bits per heavy atom. The summed E-state index contributed by atoms with van der Waals surface area (Å²) < 4.78 is 19.3. The van der Waals surface area contributed by atoms with Crippen LogP contribution in [0.2, 0.25) is 0 Å². The number of carboxylic acids is 1. The Labute approximate surface area is 227 Å². The molecule has 6 nitrogen and oxygen atoms in total. The highest BCUT2D eigenvalue weighted by Crippen LogP contribution is 2.48. The molecule has 194 valence electrons. The third kappa shape index (κ3) is 4.86. The minimum atomic E-state index is -0.773. The number of amides is 1. The topological polar surface area (TPSA) is 88.5 Å². The molecule has 3 aromatic carbocycles. The Bertz CT molecular complexity index is 1680. The summed E-state index contributed by atoms with van der Waals surface area (Å²) in [6.07, 6.45) is 0.719. The summed E-state index contributed by atoms with van der Waals surface area (Å²) in [6.45, 7) is 0.123. The molecule has 0 spiro atoms. The van der Waals surface area contributed by atoms with E-state index in [2.05, 4.69) is 10.3 Å². The van der Waals surface area contributed by atoms with Crippen LogP contribution >= 0.6 is 11.3 Å². The summed E-state index contributed by atoms with van der Waals surface area (Å²) in [6, 6.07) is 27.7. The SMILES string of the molecule is O=C(Nc1c(-c2ccc(-c3ccc(C4(C(=O)O)CC4)cc3)cc2)sc2nc(F)ccc12)OCc1ccccc1. The Kier molecular flexibility index (Phi) is 6.32. The van der Waals surface area contributed by atoms with Crippen molar-refractivity contribution in [1.29, 1.82) is 0 Å². The van der Waals surface area contributed by atoms with Crippen molar-refractivity contribution < 1.29 is 23.8 Å². The molecule has 1 aliphatic rings. The lowest BCUT2D eigenvalue weighted by molar-refractivity contribution is -0.140. The fourth-order valence-electron chi connectivity index (χ4n) is 4.69. The van der Waals surface area contributed by atoms with Gasteiger partial charge in [-0.25, -0.2) is 9.78 Å². The number of ether oxygens (including phenoxy) is 1. The van der Waals surface area contributed by atoms with E-state index >= 15 is 0 Å². The molecule has 1 fully saturated rings. The highest BCUT2D eigenvalue weighted by Gasteiger charge is 2.51. The zero-order valence-electron chi connectivity index (χ0n) is 20.7. The van der Waals surface area contributed by atoms with Crippen molar-refractivity contribution in [2.75, 3.05) is 5.32 Å². The Balaban J connectivity index is 1.26. The lowest BCUT2D eigenvalue weighted by Gasteiger charge is -2.11. The molecule has 1 amide bonds. The molecule has 0 radical (unpaired) electrons. The predicted octanol–water partition coefficient (Wildman–Crippen LogP) is 7.63. The van der Waals surface area contributed by atoms with Gasteiger partial charge in [-0.2, -0.15) is 4.39 Å². The van der Waals surface area contributed by atoms with Gasteiger partial charge in [0.05, 0.1) is 16.0 Å². The summed E-state index contributed by atoms with van der Waals surface area (Å²) in [4.78, 5) is 29.5. The van der Waals surface area contributed by atoms with Crippen LogP contribution in [0.25, 0.3) is 31.8 Å². The molecule has 39 heavy (non-hydrogen) atoms. The number of fused-ring (bicyclic) bond motifs is 1. The number of benzene rings is 3. The second kappa shape index (κ2) is 9.96. The van der Waals surface area contributed by atoms with Crippen LogP contribution < -0.4 is 5.32 Å². The van der Waals surface area contributed by atoms with Crippen LogP contribution in [0.4, 0.5) is 14.9 Å². The maximum atomic E-state index is 13.9. The zero-order valence-corrected chi connectivity index (χ0v) is 21.5. The number of aliphatic carboxylic acids is 1. The molecule has 2 heterocycles. The van der Waals surface area contributed by atoms with Crippen LogP contribution in [0, 0.1) is 5.95 Å². The Morgan fingerprint density at radius 2 is 1.54 bits per heavy atom. The van der Waals surface area contributed by atoms with Crippen LogP contribution in [0.5, 0.6) is 0 Å². The fourth-order valence-corrected chi connectivity index (χ4v) is 5.81. The van der Waals surface area contributed by atoms with E-state index in [-0.39, 0.29) is 6.61 Å². The minimum absolute atomic E-state index is 0.123. The molecule has 0 unspecified atom stereocenters. The summed E-state index contributed by atoms with van der Waals surface area (Å²) in [5, 5.41) is 13.0. The normalized spacial score (nSPS) is 13.7. The fraction of sp³-hybridized carbons (Fsp3) is 0.129. The van der Waals surface area contributed by atoms with E-state index in [1.165, 1.54) is 17.4 Å². The highest BCUT2D eigenvalue weighted by atomic mass is 32.1. The molecular formula is C31H23FN2O4S. The molecule has 0 aliphatic heterocycles. The van der Waals surface area contributed by atoms with Gasteiger partial charge in [0.15, 0.2) is 0 Å². The quantitative estimate of drug-likeness (QED) is 0.208. The van der Waals surface area contributed by atoms with Crippen molar-refractivity contribution in [2.45, 2.75) is 24.9 Å². The van der Waals surface area contributed by atoms with Gasteiger partial charge in [-0.05, 0) is 52.8 Å². The van der Waals surface area contributed by atoms with Crippen LogP contribution in [0.1, 0.15) is 24.0 Å². The molecule has 0 atom stereocenters. The average molecular weight is 539 g/mol. The van der Waals surface area contributed by atoms with E-state index in [0.717, 1.165) is 32.7 Å². The maximum absolute atomic E-state index is 13.9. The number of carbonyl (C=O) groups is 2. The van der Waals surface area contributed by atoms with Crippen molar-refractivity contribution in [3.8, 4) is 21.6 Å². The second-order valence-electron chi connectivity index (χ2n) is 9.52. The first-order valence-electron chi connectivity index (χ1n) is 12.4. The van der Waals surface area contributed by atoms with Crippen LogP contribution in [-0.2, 0) is 21.6 Å². The summed E-state index contributed by atoms with van der Waals surface area (Å²) in [5.74, 6) is -1.37. The molecule has 0 bridgehead atoms. The van der Waals surface area contributed by atoms with Crippen molar-refractivity contribution in [3.63, 3.8) is 0 Å². The van der Waals surface area contributed by atoms with Gasteiger partial charge in [0.25, 0.3) is 0 Å². The second-order valence-corrected chi connectivity index (χ2v) is 10.5. The number of nitrogens with one attached hydrogen (secondary N) is 1. The van der Waals surface area contributed by atoms with E-state index in [1.54, 1.807) is 6.07 Å². The molecule has 6 rings (SSSR count). The summed E-state index contributed by atoms with van der Waals surface area (Å²) in [7, 11) is 0. The van der Waals surface area contributed by atoms with Crippen LogP contribution in [0.3, 0.4) is 0 Å². The smallest absolute Gasteiger partial charge is 0.412 e. The number of hydrogen-bond donors (Lipinski definition) is 2. The predicted molar refractivity (Wildman–Crippen MR) is 149 cm³/mol. The molecule has 2 N–H and O–H groups in total. The molecule has 8 heteroatoms. The number of carboxylic acid groups (broad SMARTS) is 1. The van der Waals surface area contributed by atoms with Gasteiger partial charge in [0.2, 0.25) is 5.95 Å². The van der Waals surface area contributed by atoms with Gasteiger partial charge >= 0.3 is 12.1 Å². The van der Waals surface area contributed by atoms with Gasteiger partial charge in [-0.15, -0.1) is 11.3 Å². The van der Waals surface area contributed by atoms with E-state index in [1.807, 2.05) is 78.9 Å². The number of thiophene rings is 1. The zero-order chi connectivity index (χ0) is 27.0. The molecule has 0 saturated heterocycles. The highest BCUT2D eigenvalue weighted by molar-refractivity contribution is 7.22. The number of anilines is 1. The standard InChI is InChI=1S/C31H23FN2O4S/c32-25-15-14-24-26(34-30(37)38-18-19-4-2-1-3-5-19)27(39-28(24)33-25)22-8-6-20(7-9-22)21-10-12-23(13-11-21)31(16-17-31)29(35)36/h1-15H,16-18H2,(H,34,37)(H,35,36). The van der Waals surface area contributed by atoms with E-state index < -0.39 is 23.4 Å². The molecule has 5 aromatic rings. The van der Waals surface area contributed by atoms with Gasteiger partial charge in [-0.3, -0.25) is 10.1 Å². The van der Waals surface area contributed by atoms with Crippen LogP contribution in [0.15, 0.2) is 91.0 Å². The Hall–Kier alpha value is -4.56. The lowest BCUT2D eigenvalue weighted by Crippen LogP contribution is -2.19. The van der Waals surface area contributed by atoms with Gasteiger partial charge < -0.3 is 9.84 Å². The third-order valence-corrected chi connectivity index (χ3v) is 8.19. The van der Waals surface area contributed by atoms with Crippen molar-refractivity contribution >= 4 is 39.3 Å². The average Bonchev–Trinajstić information content (AvgIpc) is 3.71. The summed E-state index contributed by atoms with van der Waals surface area (Å²) >= 11 is 1.29. The van der Waals surface area contributed by atoms with Gasteiger partial charge in [-0.1, -0.05) is 78.9 Å². The van der Waals surface area contributed by atoms with E-state index in [9.17, 15) is 19.1 Å². The Morgan fingerprint density at radius 1 is 0.897 bits per heavy atom. The minimum Gasteiger partial charge on any atom is -0.481 e. The molecule has 1 saturated carbocycles. The van der Waals surface area contributed by atoms with Gasteiger partial charge in [0.1, 0.15) is 11.4 Å². The first-order valence-corrected chi connectivity index (χ1v) is 13.3. The first kappa shape index (κ1) is 24.8. The first-order chi connectivity index (χ1) is 18.9. The van der Waals surface area contributed by atoms with Crippen molar-refractivity contribution in [3.05, 3.63) is 108 Å². The molecular weight excluding hydrogens is 515 g/mol. The number of rotatable bonds is 7. The molecule has 1 aliphatic carbocycles. The number of hydrogen-bond acceptors (Lipinski definition) is 5. The number of aromatic nitrogens is 1. The van der Waals surface area contributed by atoms with Crippen molar-refractivity contribution in [1.82, 2.24) is 4.98 Å². The monoisotopic (exact) mass is 538 g/mol. The van der Waals surface area contributed by atoms with Crippen LogP contribution in [-0.4, -0.2) is 22.2 Å². The number of pyridine rings is 1. The summed E-state index contributed by atoms with van der Waals surface area (Å²) in [5.41, 5.74) is 4.24. The number of carbonyl (C=O) groups excluding carboxylic acids is 1. The number of halogens is 1. The maximum Gasteiger partial charge on any atom is 0.412 e. The van der Waals surface area contributed by atoms with E-state index in [4.69, 9.17) is 4.74 Å². The van der Waals surface area contributed by atoms with Crippen molar-refractivity contribution in [2.24, 2.45) is 0 Å². The largest absolute Gasteiger partial charge is 0.481 e. The third-order valence-electron chi connectivity index (χ3n) is 7.04.